The van der Waals surface area contributed by atoms with Crippen molar-refractivity contribution in [3.05, 3.63) is 27.1 Å². The Labute approximate surface area is 123 Å². The molecule has 0 saturated heterocycles. The van der Waals surface area contributed by atoms with Gasteiger partial charge in [-0.15, -0.1) is 0 Å². The number of thiophene rings is 1. The minimum Gasteiger partial charge on any atom is -0.394 e. The summed E-state index contributed by atoms with van der Waals surface area (Å²) in [5.41, 5.74) is 0. The summed E-state index contributed by atoms with van der Waals surface area (Å²) in [6.07, 6.45) is 1.51. The average Bonchev–Trinajstić information content (AvgIpc) is 2.81. The molecule has 0 N–H and O–H groups in total. The van der Waals surface area contributed by atoms with E-state index < -0.39 is 4.92 Å². The van der Waals surface area contributed by atoms with Crippen LogP contribution in [0.15, 0.2) is 17.3 Å². The normalized spacial score (nSPS) is 11.9. The fraction of sp³-hybridized carbons (Fsp3) is 0.615. The molecular formula is C13H21N3O3S. The van der Waals surface area contributed by atoms with Crippen LogP contribution < -0.4 is 0 Å². The zero-order valence-corrected chi connectivity index (χ0v) is 13.1. The van der Waals surface area contributed by atoms with E-state index in [9.17, 15) is 10.1 Å². The van der Waals surface area contributed by atoms with Crippen LogP contribution >= 0.6 is 11.3 Å². The van der Waals surface area contributed by atoms with Crippen LogP contribution in [0, 0.1) is 10.1 Å². The van der Waals surface area contributed by atoms with E-state index in [-0.39, 0.29) is 5.00 Å². The summed E-state index contributed by atoms with van der Waals surface area (Å²) in [4.78, 5) is 18.3. The van der Waals surface area contributed by atoms with Crippen molar-refractivity contribution in [1.29, 1.82) is 0 Å². The summed E-state index contributed by atoms with van der Waals surface area (Å²) < 4.78 is 0. The largest absolute Gasteiger partial charge is 0.394 e. The van der Waals surface area contributed by atoms with E-state index in [2.05, 4.69) is 37.8 Å². The lowest BCUT2D eigenvalue weighted by Crippen LogP contribution is -2.39. The van der Waals surface area contributed by atoms with Crippen LogP contribution in [0.25, 0.3) is 0 Å². The summed E-state index contributed by atoms with van der Waals surface area (Å²) in [5, 5.41) is 14.5. The fourth-order valence-corrected chi connectivity index (χ4v) is 2.59. The highest BCUT2D eigenvalue weighted by Crippen LogP contribution is 2.22. The van der Waals surface area contributed by atoms with Crippen LogP contribution in [-0.4, -0.2) is 41.3 Å². The first-order valence-electron chi connectivity index (χ1n) is 6.57. The Balaban J connectivity index is 2.36. The van der Waals surface area contributed by atoms with Gasteiger partial charge in [-0.3, -0.25) is 15.0 Å². The first-order chi connectivity index (χ1) is 9.41. The molecule has 0 atom stereocenters. The van der Waals surface area contributed by atoms with Crippen LogP contribution in [0.1, 0.15) is 32.6 Å². The highest BCUT2D eigenvalue weighted by molar-refractivity contribution is 7.16. The van der Waals surface area contributed by atoms with E-state index in [0.717, 1.165) is 17.9 Å². The summed E-state index contributed by atoms with van der Waals surface area (Å²) in [7, 11) is 0. The molecular weight excluding hydrogens is 278 g/mol. The molecule has 6 nitrogen and oxygen atoms in total. The molecule has 1 aromatic rings. The van der Waals surface area contributed by atoms with E-state index in [1.54, 1.807) is 6.07 Å². The van der Waals surface area contributed by atoms with Gasteiger partial charge in [-0.2, -0.15) is 0 Å². The molecule has 0 bridgehead atoms. The Morgan fingerprint density at radius 2 is 2.05 bits per heavy atom. The van der Waals surface area contributed by atoms with Crippen molar-refractivity contribution in [2.75, 3.05) is 13.2 Å². The van der Waals surface area contributed by atoms with Gasteiger partial charge in [0.15, 0.2) is 0 Å². The highest BCUT2D eigenvalue weighted by atomic mass is 32.1. The van der Waals surface area contributed by atoms with Crippen molar-refractivity contribution in [3.8, 4) is 0 Å². The number of nitro groups is 1. The molecule has 0 unspecified atom stereocenters. The molecule has 1 rings (SSSR count). The number of nitrogens with zero attached hydrogens (tertiary/aromatic N) is 3. The predicted octanol–water partition coefficient (Wildman–Crippen LogP) is 3.13. The number of rotatable bonds is 8. The van der Waals surface area contributed by atoms with Gasteiger partial charge in [-0.25, -0.2) is 0 Å². The Morgan fingerprint density at radius 3 is 2.55 bits per heavy atom. The zero-order chi connectivity index (χ0) is 15.1. The van der Waals surface area contributed by atoms with Crippen molar-refractivity contribution in [2.45, 2.75) is 39.8 Å². The van der Waals surface area contributed by atoms with Gasteiger partial charge in [0.1, 0.15) is 6.61 Å². The standard InChI is InChI=1S/C13H21N3O3S/c1-10(2)15(11(3)4)7-8-19-14-9-12-5-6-13(20-12)16(17)18/h5-6,9-11H,7-8H2,1-4H3/b14-9+. The van der Waals surface area contributed by atoms with Gasteiger partial charge in [0.25, 0.3) is 0 Å². The SMILES string of the molecule is CC(C)N(CCO/N=C/c1ccc([N+](=O)[O-])s1)C(C)C. The first-order valence-corrected chi connectivity index (χ1v) is 7.38. The van der Waals surface area contributed by atoms with Gasteiger partial charge in [-0.1, -0.05) is 16.5 Å². The molecule has 1 aromatic heterocycles. The lowest BCUT2D eigenvalue weighted by atomic mass is 10.2. The van der Waals surface area contributed by atoms with E-state index in [1.807, 2.05) is 0 Å². The second kappa shape index (κ2) is 7.96. The second-order valence-electron chi connectivity index (χ2n) is 4.93. The van der Waals surface area contributed by atoms with Gasteiger partial charge < -0.3 is 4.84 Å². The minimum absolute atomic E-state index is 0.109. The molecule has 0 aliphatic carbocycles. The van der Waals surface area contributed by atoms with Crippen molar-refractivity contribution in [1.82, 2.24) is 4.90 Å². The Hall–Kier alpha value is -1.47. The first kappa shape index (κ1) is 16.6. The molecule has 7 heteroatoms. The molecule has 0 amide bonds. The lowest BCUT2D eigenvalue weighted by Gasteiger charge is -2.29. The molecule has 0 fully saturated rings. The third-order valence-electron chi connectivity index (χ3n) is 2.81. The molecule has 20 heavy (non-hydrogen) atoms. The van der Waals surface area contributed by atoms with Crippen LogP contribution in [0.3, 0.4) is 0 Å². The molecule has 0 radical (unpaired) electrons. The third-order valence-corrected chi connectivity index (χ3v) is 3.79. The minimum atomic E-state index is -0.411. The molecule has 0 aliphatic rings. The smallest absolute Gasteiger partial charge is 0.324 e. The summed E-state index contributed by atoms with van der Waals surface area (Å²) in [6.45, 7) is 9.89. The predicted molar refractivity (Wildman–Crippen MR) is 81.5 cm³/mol. The van der Waals surface area contributed by atoms with Crippen molar-refractivity contribution >= 4 is 22.6 Å². The topological polar surface area (TPSA) is 68.0 Å². The fourth-order valence-electron chi connectivity index (χ4n) is 1.91. The maximum Gasteiger partial charge on any atom is 0.324 e. The van der Waals surface area contributed by atoms with Crippen LogP contribution in [0.5, 0.6) is 0 Å². The Bertz CT molecular complexity index is 449. The lowest BCUT2D eigenvalue weighted by molar-refractivity contribution is -0.380. The van der Waals surface area contributed by atoms with Gasteiger partial charge >= 0.3 is 5.00 Å². The van der Waals surface area contributed by atoms with Crippen LogP contribution in [0.2, 0.25) is 0 Å². The van der Waals surface area contributed by atoms with E-state index in [0.29, 0.717) is 23.6 Å². The maximum absolute atomic E-state index is 10.5. The summed E-state index contributed by atoms with van der Waals surface area (Å²) >= 11 is 1.08. The number of hydrogen-bond acceptors (Lipinski definition) is 6. The van der Waals surface area contributed by atoms with Crippen LogP contribution in [0.4, 0.5) is 5.00 Å². The van der Waals surface area contributed by atoms with E-state index in [1.165, 1.54) is 12.3 Å². The van der Waals surface area contributed by atoms with Crippen LogP contribution in [-0.2, 0) is 4.84 Å². The number of oxime groups is 1. The van der Waals surface area contributed by atoms with Crippen molar-refractivity contribution in [2.24, 2.45) is 5.16 Å². The molecule has 0 aliphatic heterocycles. The number of hydrogen-bond donors (Lipinski definition) is 0. The Kier molecular flexibility index (Phi) is 6.60. The Morgan fingerprint density at radius 1 is 1.40 bits per heavy atom. The zero-order valence-electron chi connectivity index (χ0n) is 12.3. The molecule has 112 valence electrons. The van der Waals surface area contributed by atoms with Gasteiger partial charge in [0, 0.05) is 24.7 Å². The summed E-state index contributed by atoms with van der Waals surface area (Å²) in [6, 6.07) is 4.04. The monoisotopic (exact) mass is 299 g/mol. The van der Waals surface area contributed by atoms with Gasteiger partial charge in [0.05, 0.1) is 16.0 Å². The summed E-state index contributed by atoms with van der Waals surface area (Å²) in [5.74, 6) is 0. The molecule has 0 spiro atoms. The van der Waals surface area contributed by atoms with Crippen molar-refractivity contribution < 1.29 is 9.76 Å². The average molecular weight is 299 g/mol. The maximum atomic E-state index is 10.5. The van der Waals surface area contributed by atoms with E-state index >= 15 is 0 Å². The third kappa shape index (κ3) is 5.26. The highest BCUT2D eigenvalue weighted by Gasteiger charge is 2.12. The molecule has 0 aromatic carbocycles. The molecule has 1 heterocycles. The van der Waals surface area contributed by atoms with Crippen molar-refractivity contribution in [3.63, 3.8) is 0 Å². The van der Waals surface area contributed by atoms with Gasteiger partial charge in [-0.05, 0) is 33.8 Å². The van der Waals surface area contributed by atoms with E-state index in [4.69, 9.17) is 4.84 Å². The second-order valence-corrected chi connectivity index (χ2v) is 6.02. The van der Waals surface area contributed by atoms with Gasteiger partial charge in [0.2, 0.25) is 0 Å². The quantitative estimate of drug-likeness (QED) is 0.320. The molecule has 0 saturated carbocycles.